The number of fused-ring (bicyclic) bond motifs is 1. The number of ether oxygens (including phenoxy) is 1. The van der Waals surface area contributed by atoms with Gasteiger partial charge in [0.05, 0.1) is 24.4 Å². The van der Waals surface area contributed by atoms with Gasteiger partial charge < -0.3 is 9.64 Å². The predicted molar refractivity (Wildman–Crippen MR) is 120 cm³/mol. The van der Waals surface area contributed by atoms with E-state index in [1.165, 1.54) is 24.3 Å². The van der Waals surface area contributed by atoms with Crippen LogP contribution in [0.25, 0.3) is 22.0 Å². The van der Waals surface area contributed by atoms with Gasteiger partial charge in [-0.3, -0.25) is 9.89 Å². The highest BCUT2D eigenvalue weighted by Crippen LogP contribution is 2.33. The van der Waals surface area contributed by atoms with E-state index < -0.39 is 6.04 Å². The molecular weight excluding hydrogens is 412 g/mol. The first kappa shape index (κ1) is 21.5. The first-order valence-electron chi connectivity index (χ1n) is 10.3. The fraction of sp³-hybridized carbons (Fsp3) is 0.200. The molecule has 5 nitrogen and oxygen atoms in total. The molecule has 0 fully saturated rings. The van der Waals surface area contributed by atoms with Crippen molar-refractivity contribution in [3.8, 4) is 16.9 Å². The molecule has 0 spiro atoms. The number of aromatic nitrogens is 2. The molecule has 0 aliphatic heterocycles. The van der Waals surface area contributed by atoms with Gasteiger partial charge in [0.1, 0.15) is 17.4 Å². The summed E-state index contributed by atoms with van der Waals surface area (Å²) in [6.45, 7) is 4.07. The summed E-state index contributed by atoms with van der Waals surface area (Å²) in [7, 11) is 1.67. The number of rotatable bonds is 6. The van der Waals surface area contributed by atoms with Gasteiger partial charge in [-0.25, -0.2) is 8.78 Å². The van der Waals surface area contributed by atoms with Gasteiger partial charge >= 0.3 is 0 Å². The summed E-state index contributed by atoms with van der Waals surface area (Å²) in [5, 5.41) is 7.51. The van der Waals surface area contributed by atoms with Gasteiger partial charge in [0.15, 0.2) is 0 Å². The van der Waals surface area contributed by atoms with Crippen molar-refractivity contribution in [1.29, 1.82) is 0 Å². The van der Waals surface area contributed by atoms with E-state index in [0.29, 0.717) is 45.5 Å². The van der Waals surface area contributed by atoms with E-state index in [1.807, 2.05) is 13.8 Å². The summed E-state index contributed by atoms with van der Waals surface area (Å²) >= 11 is 0. The largest absolute Gasteiger partial charge is 0.493 e. The van der Waals surface area contributed by atoms with Crippen LogP contribution in [0.4, 0.5) is 8.78 Å². The first-order valence-corrected chi connectivity index (χ1v) is 10.3. The van der Waals surface area contributed by atoms with Crippen LogP contribution in [0.15, 0.2) is 60.8 Å². The van der Waals surface area contributed by atoms with Crippen molar-refractivity contribution in [2.75, 3.05) is 13.7 Å². The summed E-state index contributed by atoms with van der Waals surface area (Å²) in [4.78, 5) is 14.8. The molecule has 0 saturated carbocycles. The van der Waals surface area contributed by atoms with Crippen LogP contribution in [0, 0.1) is 11.6 Å². The van der Waals surface area contributed by atoms with E-state index in [4.69, 9.17) is 4.74 Å². The summed E-state index contributed by atoms with van der Waals surface area (Å²) in [5.74, 6) is -0.494. The quantitative estimate of drug-likeness (QED) is 0.420. The molecule has 7 heteroatoms. The lowest BCUT2D eigenvalue weighted by atomic mass is 10.0. The van der Waals surface area contributed by atoms with Crippen molar-refractivity contribution in [3.63, 3.8) is 0 Å². The molecule has 3 aromatic carbocycles. The van der Waals surface area contributed by atoms with E-state index in [-0.39, 0.29) is 17.5 Å². The number of nitrogens with zero attached hydrogens (tertiary/aromatic N) is 2. The minimum atomic E-state index is -0.417. The second kappa shape index (κ2) is 8.78. The lowest BCUT2D eigenvalue weighted by Crippen LogP contribution is -2.30. The Morgan fingerprint density at radius 3 is 2.69 bits per heavy atom. The number of aromatic amines is 1. The molecule has 0 bridgehead atoms. The molecule has 1 atom stereocenters. The minimum Gasteiger partial charge on any atom is -0.493 e. The van der Waals surface area contributed by atoms with Gasteiger partial charge in [-0.15, -0.1) is 0 Å². The Kier molecular flexibility index (Phi) is 5.90. The highest BCUT2D eigenvalue weighted by Gasteiger charge is 2.23. The molecular formula is C25H23F2N3O2. The van der Waals surface area contributed by atoms with E-state index in [1.54, 1.807) is 48.5 Å². The Morgan fingerprint density at radius 2 is 1.94 bits per heavy atom. The number of nitrogens with one attached hydrogen (secondary N) is 1. The van der Waals surface area contributed by atoms with E-state index in [9.17, 15) is 13.6 Å². The van der Waals surface area contributed by atoms with Crippen LogP contribution in [0.5, 0.6) is 5.75 Å². The minimum absolute atomic E-state index is 0.249. The van der Waals surface area contributed by atoms with Crippen molar-refractivity contribution in [3.05, 3.63) is 83.6 Å². The molecule has 0 aliphatic rings. The average molecular weight is 435 g/mol. The third kappa shape index (κ3) is 4.06. The Labute approximate surface area is 184 Å². The van der Waals surface area contributed by atoms with Crippen molar-refractivity contribution < 1.29 is 18.3 Å². The molecule has 4 aromatic rings. The second-order valence-corrected chi connectivity index (χ2v) is 7.58. The van der Waals surface area contributed by atoms with Crippen LogP contribution in [0.1, 0.15) is 35.8 Å². The van der Waals surface area contributed by atoms with E-state index in [0.717, 1.165) is 0 Å². The lowest BCUT2D eigenvalue weighted by Gasteiger charge is -2.26. The maximum absolute atomic E-state index is 14.1. The highest BCUT2D eigenvalue weighted by molar-refractivity contribution is 5.96. The Bertz CT molecular complexity index is 1290. The first-order chi connectivity index (χ1) is 15.4. The number of H-pyrrole nitrogens is 1. The molecule has 0 radical (unpaired) electrons. The van der Waals surface area contributed by atoms with Crippen LogP contribution >= 0.6 is 0 Å². The molecule has 0 unspecified atom stereocenters. The zero-order valence-corrected chi connectivity index (χ0v) is 18.0. The molecule has 0 aliphatic carbocycles. The third-order valence-corrected chi connectivity index (χ3v) is 5.56. The van der Waals surface area contributed by atoms with E-state index >= 15 is 0 Å². The fourth-order valence-corrected chi connectivity index (χ4v) is 3.79. The van der Waals surface area contributed by atoms with Crippen LogP contribution in [-0.2, 0) is 0 Å². The molecule has 32 heavy (non-hydrogen) atoms. The van der Waals surface area contributed by atoms with Crippen LogP contribution in [0.3, 0.4) is 0 Å². The van der Waals surface area contributed by atoms with Gasteiger partial charge in [0.25, 0.3) is 5.91 Å². The molecule has 164 valence electrons. The van der Waals surface area contributed by atoms with Gasteiger partial charge in [-0.1, -0.05) is 12.1 Å². The maximum atomic E-state index is 14.1. The van der Waals surface area contributed by atoms with Gasteiger partial charge in [0, 0.05) is 29.1 Å². The number of amides is 1. The summed E-state index contributed by atoms with van der Waals surface area (Å²) in [6, 6.07) is 13.7. The number of carbonyl (C=O) groups excluding carboxylic acids is 1. The van der Waals surface area contributed by atoms with Gasteiger partial charge in [0.2, 0.25) is 0 Å². The van der Waals surface area contributed by atoms with E-state index in [2.05, 4.69) is 10.2 Å². The van der Waals surface area contributed by atoms with Gasteiger partial charge in [-0.05, 0) is 61.9 Å². The van der Waals surface area contributed by atoms with Crippen molar-refractivity contribution in [2.45, 2.75) is 19.9 Å². The number of hydrogen-bond acceptors (Lipinski definition) is 3. The third-order valence-electron chi connectivity index (χ3n) is 5.56. The summed E-state index contributed by atoms with van der Waals surface area (Å²) < 4.78 is 33.6. The Hall–Kier alpha value is -3.74. The standard InChI is InChI=1S/C25H23F2N3O2/c1-4-32-23-12-17(8-9-21(23)16-6-5-7-19(26)10-16)25(31)30(3)15(2)22-13-20(27)11-18-14-28-29-24(18)22/h5-15H,4H2,1-3H3,(H,28,29)/t15-/m1/s1. The Morgan fingerprint density at radius 1 is 1.12 bits per heavy atom. The predicted octanol–water partition coefficient (Wildman–Crippen LogP) is 5.74. The molecule has 4 rings (SSSR count). The van der Waals surface area contributed by atoms with Crippen LogP contribution in [-0.4, -0.2) is 34.7 Å². The number of benzene rings is 3. The molecule has 1 aromatic heterocycles. The monoisotopic (exact) mass is 435 g/mol. The maximum Gasteiger partial charge on any atom is 0.254 e. The molecule has 1 amide bonds. The van der Waals surface area contributed by atoms with Gasteiger partial charge in [-0.2, -0.15) is 5.10 Å². The van der Waals surface area contributed by atoms with Crippen molar-refractivity contribution in [2.24, 2.45) is 0 Å². The fourth-order valence-electron chi connectivity index (χ4n) is 3.79. The normalized spacial score (nSPS) is 12.0. The molecule has 0 saturated heterocycles. The van der Waals surface area contributed by atoms with Crippen LogP contribution < -0.4 is 4.74 Å². The highest BCUT2D eigenvalue weighted by atomic mass is 19.1. The number of carbonyl (C=O) groups is 1. The zero-order valence-electron chi connectivity index (χ0n) is 18.0. The SMILES string of the molecule is CCOc1cc(C(=O)N(C)[C@H](C)c2cc(F)cc3cn[nH]c23)ccc1-c1cccc(F)c1. The zero-order chi connectivity index (χ0) is 22.8. The van der Waals surface area contributed by atoms with Crippen molar-refractivity contribution >= 4 is 16.8 Å². The second-order valence-electron chi connectivity index (χ2n) is 7.58. The van der Waals surface area contributed by atoms with Crippen LogP contribution in [0.2, 0.25) is 0 Å². The van der Waals surface area contributed by atoms with Crippen molar-refractivity contribution in [1.82, 2.24) is 15.1 Å². The number of hydrogen-bond donors (Lipinski definition) is 1. The smallest absolute Gasteiger partial charge is 0.254 e. The molecule has 1 heterocycles. The topological polar surface area (TPSA) is 58.2 Å². The Balaban J connectivity index is 1.67. The average Bonchev–Trinajstić information content (AvgIpc) is 3.25. The summed E-state index contributed by atoms with van der Waals surface area (Å²) in [6.07, 6.45) is 1.55. The lowest BCUT2D eigenvalue weighted by molar-refractivity contribution is 0.0743. The summed E-state index contributed by atoms with van der Waals surface area (Å²) in [5.41, 5.74) is 3.10. The molecule has 1 N–H and O–H groups in total. The number of halogens is 2.